The average Bonchev–Trinajstić information content (AvgIpc) is 2.94. The number of thioether (sulfide) groups is 1. The lowest BCUT2D eigenvalue weighted by Gasteiger charge is -2.35. The molecule has 1 aliphatic heterocycles. The van der Waals surface area contributed by atoms with Crippen molar-refractivity contribution in [3.05, 3.63) is 0 Å². The van der Waals surface area contributed by atoms with Crippen LogP contribution in [0.1, 0.15) is 32.1 Å². The van der Waals surface area contributed by atoms with E-state index in [9.17, 15) is 4.79 Å². The van der Waals surface area contributed by atoms with Gasteiger partial charge in [0.25, 0.3) is 0 Å². The number of oxime groups is 1. The van der Waals surface area contributed by atoms with E-state index >= 15 is 0 Å². The molecule has 1 saturated carbocycles. The van der Waals surface area contributed by atoms with E-state index in [2.05, 4.69) is 16.7 Å². The normalized spacial score (nSPS) is 30.1. The zero-order valence-corrected chi connectivity index (χ0v) is 12.6. The molecule has 0 aromatic heterocycles. The molecule has 1 aliphatic carbocycles. The minimum Gasteiger partial charge on any atom is -0.409 e. The van der Waals surface area contributed by atoms with Gasteiger partial charge in [0.05, 0.1) is 0 Å². The van der Waals surface area contributed by atoms with Gasteiger partial charge in [0.15, 0.2) is 5.84 Å². The van der Waals surface area contributed by atoms with Gasteiger partial charge in [-0.15, -0.1) is 0 Å². The van der Waals surface area contributed by atoms with Crippen LogP contribution >= 0.6 is 11.8 Å². The van der Waals surface area contributed by atoms with Crippen molar-refractivity contribution in [2.75, 3.05) is 19.5 Å². The summed E-state index contributed by atoms with van der Waals surface area (Å²) in [4.78, 5) is 12.7. The average molecular weight is 301 g/mol. The predicted molar refractivity (Wildman–Crippen MR) is 79.0 cm³/mol. The number of nitrogens with one attached hydrogen (secondary N) is 1. The first-order chi connectivity index (χ1) is 9.64. The van der Waals surface area contributed by atoms with E-state index in [4.69, 9.17) is 15.7 Å². The summed E-state index contributed by atoms with van der Waals surface area (Å²) < 4.78 is 5.31. The third-order valence-electron chi connectivity index (χ3n) is 4.45. The molecule has 0 aromatic rings. The van der Waals surface area contributed by atoms with Crippen LogP contribution in [0.5, 0.6) is 0 Å². The Morgan fingerprint density at radius 1 is 1.45 bits per heavy atom. The van der Waals surface area contributed by atoms with E-state index in [1.54, 1.807) is 11.8 Å². The van der Waals surface area contributed by atoms with Crippen LogP contribution in [0.2, 0.25) is 0 Å². The number of nitrogens with zero attached hydrogens (tertiary/aromatic N) is 1. The van der Waals surface area contributed by atoms with Crippen molar-refractivity contribution in [2.24, 2.45) is 16.3 Å². The lowest BCUT2D eigenvalue weighted by Crippen LogP contribution is -2.55. The Bertz CT molecular complexity index is 383. The van der Waals surface area contributed by atoms with Crippen molar-refractivity contribution in [1.82, 2.24) is 5.32 Å². The van der Waals surface area contributed by atoms with Crippen molar-refractivity contribution >= 4 is 23.5 Å². The Morgan fingerprint density at radius 2 is 2.15 bits per heavy atom. The molecule has 2 unspecified atom stereocenters. The second-order valence-electron chi connectivity index (χ2n) is 5.46. The Hall–Kier alpha value is -0.950. The fourth-order valence-corrected chi connectivity index (χ4v) is 4.03. The highest BCUT2D eigenvalue weighted by atomic mass is 32.2. The fourth-order valence-electron chi connectivity index (χ4n) is 3.09. The van der Waals surface area contributed by atoms with Gasteiger partial charge in [-0.05, 0) is 31.9 Å². The molecule has 1 saturated heterocycles. The summed E-state index contributed by atoms with van der Waals surface area (Å²) in [5, 5.41) is 15.7. The van der Waals surface area contributed by atoms with Crippen LogP contribution in [-0.2, 0) is 9.53 Å². The molecular formula is C13H23N3O3S. The molecule has 20 heavy (non-hydrogen) atoms. The molecule has 2 fully saturated rings. The van der Waals surface area contributed by atoms with Gasteiger partial charge in [0.2, 0.25) is 5.91 Å². The first kappa shape index (κ1) is 15.4. The van der Waals surface area contributed by atoms with Crippen molar-refractivity contribution in [1.29, 1.82) is 0 Å². The number of amidine groups is 1. The monoisotopic (exact) mass is 301 g/mol. The second-order valence-corrected chi connectivity index (χ2v) is 6.54. The van der Waals surface area contributed by atoms with Crippen LogP contribution < -0.4 is 11.1 Å². The van der Waals surface area contributed by atoms with E-state index in [0.717, 1.165) is 19.3 Å². The largest absolute Gasteiger partial charge is 0.409 e. The number of hydrogen-bond donors (Lipinski definition) is 3. The summed E-state index contributed by atoms with van der Waals surface area (Å²) in [6.07, 6.45) is 6.27. The highest BCUT2D eigenvalue weighted by molar-refractivity contribution is 7.99. The lowest BCUT2D eigenvalue weighted by molar-refractivity contribution is -0.132. The topological polar surface area (TPSA) is 96.9 Å². The molecule has 0 aromatic carbocycles. The number of hydrogen-bond acceptors (Lipinski definition) is 5. The van der Waals surface area contributed by atoms with Crippen LogP contribution in [-0.4, -0.2) is 47.7 Å². The molecule has 2 rings (SSSR count). The SMILES string of the molecule is CSC1CCCC1NC(=O)C1(C(N)=NO)CCOCC1. The maximum absolute atomic E-state index is 12.7. The zero-order chi connectivity index (χ0) is 14.6. The van der Waals surface area contributed by atoms with Crippen LogP contribution in [0.3, 0.4) is 0 Å². The van der Waals surface area contributed by atoms with Gasteiger partial charge >= 0.3 is 0 Å². The van der Waals surface area contributed by atoms with E-state index in [1.165, 1.54) is 0 Å². The summed E-state index contributed by atoms with van der Waals surface area (Å²) >= 11 is 1.79. The van der Waals surface area contributed by atoms with E-state index in [0.29, 0.717) is 31.3 Å². The van der Waals surface area contributed by atoms with Crippen LogP contribution in [0.15, 0.2) is 5.16 Å². The van der Waals surface area contributed by atoms with Gasteiger partial charge < -0.3 is 21.0 Å². The van der Waals surface area contributed by atoms with Crippen LogP contribution in [0, 0.1) is 5.41 Å². The van der Waals surface area contributed by atoms with Crippen LogP contribution in [0.25, 0.3) is 0 Å². The Kier molecular flexibility index (Phi) is 5.15. The molecule has 7 heteroatoms. The Balaban J connectivity index is 2.11. The number of rotatable bonds is 4. The number of nitrogens with two attached hydrogens (primary N) is 1. The summed E-state index contributed by atoms with van der Waals surface area (Å²) in [6.45, 7) is 0.917. The van der Waals surface area contributed by atoms with Crippen molar-refractivity contribution in [2.45, 2.75) is 43.4 Å². The minimum atomic E-state index is -0.918. The minimum absolute atomic E-state index is 0.00278. The summed E-state index contributed by atoms with van der Waals surface area (Å²) in [6, 6.07) is 0.184. The smallest absolute Gasteiger partial charge is 0.234 e. The lowest BCUT2D eigenvalue weighted by atomic mass is 9.78. The van der Waals surface area contributed by atoms with Gasteiger partial charge in [-0.2, -0.15) is 11.8 Å². The fraction of sp³-hybridized carbons (Fsp3) is 0.846. The quantitative estimate of drug-likeness (QED) is 0.311. The van der Waals surface area contributed by atoms with Gasteiger partial charge in [0, 0.05) is 24.5 Å². The predicted octanol–water partition coefficient (Wildman–Crippen LogP) is 0.930. The summed E-state index contributed by atoms with van der Waals surface area (Å²) in [5.41, 5.74) is 4.89. The van der Waals surface area contributed by atoms with Crippen molar-refractivity contribution in [3.63, 3.8) is 0 Å². The number of carbonyl (C=O) groups is 1. The molecule has 2 aliphatic rings. The first-order valence-electron chi connectivity index (χ1n) is 7.03. The van der Waals surface area contributed by atoms with E-state index in [1.807, 2.05) is 0 Å². The third-order valence-corrected chi connectivity index (χ3v) is 5.62. The maximum atomic E-state index is 12.7. The molecule has 1 amide bonds. The molecule has 2 atom stereocenters. The number of carbonyl (C=O) groups excluding carboxylic acids is 1. The van der Waals surface area contributed by atoms with Crippen molar-refractivity contribution in [3.8, 4) is 0 Å². The van der Waals surface area contributed by atoms with Crippen LogP contribution in [0.4, 0.5) is 0 Å². The third kappa shape index (κ3) is 2.88. The summed E-state index contributed by atoms with van der Waals surface area (Å²) in [7, 11) is 0. The molecule has 114 valence electrons. The van der Waals surface area contributed by atoms with Gasteiger partial charge in [-0.3, -0.25) is 4.79 Å². The highest BCUT2D eigenvalue weighted by Gasteiger charge is 2.45. The highest BCUT2D eigenvalue weighted by Crippen LogP contribution is 2.34. The Morgan fingerprint density at radius 3 is 2.75 bits per heavy atom. The Labute approximate surface area is 123 Å². The van der Waals surface area contributed by atoms with Gasteiger partial charge in [-0.25, -0.2) is 0 Å². The molecule has 1 heterocycles. The second kappa shape index (κ2) is 6.67. The molecule has 4 N–H and O–H groups in total. The molecule has 0 spiro atoms. The van der Waals surface area contributed by atoms with E-state index in [-0.39, 0.29) is 17.8 Å². The number of ether oxygens (including phenoxy) is 1. The molecule has 6 nitrogen and oxygen atoms in total. The first-order valence-corrected chi connectivity index (χ1v) is 8.32. The standard InChI is InChI=1S/C13H23N3O3S/c1-20-10-4-2-3-9(10)15-12(17)13(11(14)16-18)5-7-19-8-6-13/h9-10,18H,2-8H2,1H3,(H2,14,16)(H,15,17). The van der Waals surface area contributed by atoms with Gasteiger partial charge in [0.1, 0.15) is 5.41 Å². The maximum Gasteiger partial charge on any atom is 0.234 e. The molecule has 0 radical (unpaired) electrons. The zero-order valence-electron chi connectivity index (χ0n) is 11.8. The van der Waals surface area contributed by atoms with E-state index < -0.39 is 5.41 Å². The van der Waals surface area contributed by atoms with Crippen molar-refractivity contribution < 1.29 is 14.7 Å². The molecular weight excluding hydrogens is 278 g/mol. The molecule has 0 bridgehead atoms. The summed E-state index contributed by atoms with van der Waals surface area (Å²) in [5.74, 6) is -0.126. The number of amides is 1. The van der Waals surface area contributed by atoms with Gasteiger partial charge in [-0.1, -0.05) is 11.6 Å².